The predicted octanol–water partition coefficient (Wildman–Crippen LogP) is 4.47. The molecular formula is C12H11BrCl2N4O. The van der Waals surface area contributed by atoms with Gasteiger partial charge in [0.15, 0.2) is 0 Å². The highest BCUT2D eigenvalue weighted by molar-refractivity contribution is 9.10. The number of benzene rings is 1. The molecule has 8 heteroatoms. The van der Waals surface area contributed by atoms with Gasteiger partial charge in [-0.05, 0) is 53.5 Å². The Balaban J connectivity index is 2.29. The van der Waals surface area contributed by atoms with Crippen LogP contribution in [0, 0.1) is 0 Å². The van der Waals surface area contributed by atoms with Crippen molar-refractivity contribution in [1.82, 2.24) is 15.0 Å². The predicted molar refractivity (Wildman–Crippen MR) is 83.0 cm³/mol. The van der Waals surface area contributed by atoms with Crippen molar-refractivity contribution in [2.45, 2.75) is 20.0 Å². The van der Waals surface area contributed by atoms with Gasteiger partial charge in [-0.1, -0.05) is 17.7 Å². The number of aromatic nitrogens is 3. The number of rotatable bonds is 4. The number of ether oxygens (including phenoxy) is 1. The maximum atomic E-state index is 6.02. The lowest BCUT2D eigenvalue weighted by Crippen LogP contribution is -2.10. The number of anilines is 2. The van der Waals surface area contributed by atoms with Gasteiger partial charge in [-0.25, -0.2) is 0 Å². The van der Waals surface area contributed by atoms with Gasteiger partial charge in [-0.2, -0.15) is 15.0 Å². The van der Waals surface area contributed by atoms with Gasteiger partial charge in [0.05, 0.1) is 21.3 Å². The van der Waals surface area contributed by atoms with Crippen LogP contribution in [0.15, 0.2) is 22.7 Å². The van der Waals surface area contributed by atoms with Gasteiger partial charge in [-0.15, -0.1) is 0 Å². The highest BCUT2D eigenvalue weighted by atomic mass is 79.9. The first kappa shape index (κ1) is 15.3. The Morgan fingerprint density at radius 3 is 2.65 bits per heavy atom. The van der Waals surface area contributed by atoms with Crippen molar-refractivity contribution in [2.75, 3.05) is 5.32 Å². The van der Waals surface area contributed by atoms with Crippen molar-refractivity contribution in [3.05, 3.63) is 33.0 Å². The molecule has 0 spiro atoms. The first-order valence-corrected chi connectivity index (χ1v) is 7.30. The summed E-state index contributed by atoms with van der Waals surface area (Å²) in [6.07, 6.45) is -0.0563. The highest BCUT2D eigenvalue weighted by Gasteiger charge is 2.10. The standard InChI is InChI=1S/C12H11BrCl2N4O/c1-6(2)20-12-18-10(15)17-11(19-12)16-8-5-3-4-7(14)9(8)13/h3-6H,1-2H3,(H,16,17,18,19). The van der Waals surface area contributed by atoms with Gasteiger partial charge >= 0.3 is 6.01 Å². The lowest BCUT2D eigenvalue weighted by Gasteiger charge is -2.11. The van der Waals surface area contributed by atoms with E-state index in [2.05, 4.69) is 36.2 Å². The van der Waals surface area contributed by atoms with Crippen molar-refractivity contribution >= 4 is 50.8 Å². The van der Waals surface area contributed by atoms with Crippen LogP contribution in [-0.2, 0) is 0 Å². The smallest absolute Gasteiger partial charge is 0.322 e. The van der Waals surface area contributed by atoms with Gasteiger partial charge in [-0.3, -0.25) is 0 Å². The molecule has 1 heterocycles. The Hall–Kier alpha value is -1.11. The van der Waals surface area contributed by atoms with E-state index in [9.17, 15) is 0 Å². The maximum absolute atomic E-state index is 6.02. The van der Waals surface area contributed by atoms with Crippen LogP contribution in [0.5, 0.6) is 6.01 Å². The van der Waals surface area contributed by atoms with E-state index in [1.807, 2.05) is 26.0 Å². The molecule has 1 aromatic heterocycles. The average molecular weight is 378 g/mol. The number of hydrogen-bond donors (Lipinski definition) is 1. The molecule has 2 aromatic rings. The van der Waals surface area contributed by atoms with Crippen molar-refractivity contribution < 1.29 is 4.74 Å². The molecule has 0 bridgehead atoms. The summed E-state index contributed by atoms with van der Waals surface area (Å²) in [6.45, 7) is 3.75. The Morgan fingerprint density at radius 1 is 1.20 bits per heavy atom. The van der Waals surface area contributed by atoms with Crippen LogP contribution >= 0.6 is 39.1 Å². The Kier molecular flexibility index (Phi) is 5.01. The molecule has 0 aliphatic rings. The van der Waals surface area contributed by atoms with Crippen LogP contribution < -0.4 is 10.1 Å². The summed E-state index contributed by atoms with van der Waals surface area (Å²) in [6, 6.07) is 5.57. The molecule has 20 heavy (non-hydrogen) atoms. The van der Waals surface area contributed by atoms with E-state index in [-0.39, 0.29) is 23.3 Å². The third-order valence-corrected chi connectivity index (χ3v) is 3.69. The van der Waals surface area contributed by atoms with Gasteiger partial charge < -0.3 is 10.1 Å². The summed E-state index contributed by atoms with van der Waals surface area (Å²) in [7, 11) is 0. The summed E-state index contributed by atoms with van der Waals surface area (Å²) >= 11 is 15.3. The van der Waals surface area contributed by atoms with Gasteiger partial charge in [0.2, 0.25) is 11.2 Å². The lowest BCUT2D eigenvalue weighted by atomic mass is 10.3. The average Bonchev–Trinajstić information content (AvgIpc) is 2.33. The molecule has 0 amide bonds. The summed E-state index contributed by atoms with van der Waals surface area (Å²) in [4.78, 5) is 12.0. The highest BCUT2D eigenvalue weighted by Crippen LogP contribution is 2.31. The number of nitrogens with zero attached hydrogens (tertiary/aromatic N) is 3. The van der Waals surface area contributed by atoms with Crippen LogP contribution in [0.2, 0.25) is 10.3 Å². The quantitative estimate of drug-likeness (QED) is 0.851. The van der Waals surface area contributed by atoms with E-state index in [0.29, 0.717) is 9.50 Å². The Bertz CT molecular complexity index is 624. The molecule has 2 rings (SSSR count). The molecule has 0 atom stereocenters. The van der Waals surface area contributed by atoms with Crippen LogP contribution in [-0.4, -0.2) is 21.1 Å². The zero-order chi connectivity index (χ0) is 14.7. The second-order valence-electron chi connectivity index (χ2n) is 4.10. The molecule has 0 aliphatic carbocycles. The maximum Gasteiger partial charge on any atom is 0.322 e. The second-order valence-corrected chi connectivity index (χ2v) is 5.64. The molecule has 0 fully saturated rings. The van der Waals surface area contributed by atoms with E-state index < -0.39 is 0 Å². The second kappa shape index (κ2) is 6.56. The minimum atomic E-state index is -0.0563. The zero-order valence-corrected chi connectivity index (χ0v) is 13.8. The fourth-order valence-corrected chi connectivity index (χ4v) is 2.06. The Labute approximate surface area is 134 Å². The fourth-order valence-electron chi connectivity index (χ4n) is 1.37. The van der Waals surface area contributed by atoms with Crippen LogP contribution in [0.3, 0.4) is 0 Å². The molecule has 0 aliphatic heterocycles. The SMILES string of the molecule is CC(C)Oc1nc(Cl)nc(Nc2cccc(Cl)c2Br)n1. The third-order valence-electron chi connectivity index (χ3n) is 2.13. The Morgan fingerprint density at radius 2 is 1.95 bits per heavy atom. The molecule has 1 N–H and O–H groups in total. The van der Waals surface area contributed by atoms with Gasteiger partial charge in [0.1, 0.15) is 0 Å². The van der Waals surface area contributed by atoms with E-state index >= 15 is 0 Å². The van der Waals surface area contributed by atoms with Gasteiger partial charge in [0, 0.05) is 0 Å². The molecule has 1 aromatic carbocycles. The van der Waals surface area contributed by atoms with Crippen LogP contribution in [0.4, 0.5) is 11.6 Å². The monoisotopic (exact) mass is 376 g/mol. The molecule has 0 saturated heterocycles. The van der Waals surface area contributed by atoms with Crippen LogP contribution in [0.1, 0.15) is 13.8 Å². The van der Waals surface area contributed by atoms with Crippen molar-refractivity contribution in [3.63, 3.8) is 0 Å². The number of hydrogen-bond acceptors (Lipinski definition) is 5. The van der Waals surface area contributed by atoms with E-state index in [4.69, 9.17) is 27.9 Å². The minimum absolute atomic E-state index is 0.0521. The lowest BCUT2D eigenvalue weighted by molar-refractivity contribution is 0.222. The van der Waals surface area contributed by atoms with E-state index in [0.717, 1.165) is 5.69 Å². The van der Waals surface area contributed by atoms with E-state index in [1.165, 1.54) is 0 Å². The number of halogens is 3. The molecule has 0 unspecified atom stereocenters. The van der Waals surface area contributed by atoms with Crippen molar-refractivity contribution in [3.8, 4) is 6.01 Å². The molecule has 106 valence electrons. The molecule has 5 nitrogen and oxygen atoms in total. The summed E-state index contributed by atoms with van der Waals surface area (Å²) in [5, 5.41) is 3.64. The summed E-state index contributed by atoms with van der Waals surface area (Å²) < 4.78 is 6.12. The largest absolute Gasteiger partial charge is 0.461 e. The molecule has 0 radical (unpaired) electrons. The van der Waals surface area contributed by atoms with Gasteiger partial charge in [0.25, 0.3) is 0 Å². The summed E-state index contributed by atoms with van der Waals surface area (Å²) in [5.41, 5.74) is 0.718. The third kappa shape index (κ3) is 3.94. The summed E-state index contributed by atoms with van der Waals surface area (Å²) in [5.74, 6) is 0.281. The van der Waals surface area contributed by atoms with Crippen molar-refractivity contribution in [2.24, 2.45) is 0 Å². The topological polar surface area (TPSA) is 59.9 Å². The molecular weight excluding hydrogens is 367 g/mol. The first-order chi connectivity index (χ1) is 9.45. The minimum Gasteiger partial charge on any atom is -0.461 e. The van der Waals surface area contributed by atoms with E-state index in [1.54, 1.807) is 6.07 Å². The zero-order valence-electron chi connectivity index (χ0n) is 10.7. The van der Waals surface area contributed by atoms with Crippen molar-refractivity contribution in [1.29, 1.82) is 0 Å². The van der Waals surface area contributed by atoms with Crippen LogP contribution in [0.25, 0.3) is 0 Å². The number of nitrogens with one attached hydrogen (secondary N) is 1. The first-order valence-electron chi connectivity index (χ1n) is 5.75. The molecule has 0 saturated carbocycles. The fraction of sp³-hybridized carbons (Fsp3) is 0.250. The normalized spacial score (nSPS) is 10.7.